The molecule has 0 saturated carbocycles. The summed E-state index contributed by atoms with van der Waals surface area (Å²) in [6.45, 7) is 6.65. The monoisotopic (exact) mass is 439 g/mol. The van der Waals surface area contributed by atoms with Crippen LogP contribution in [0.3, 0.4) is 0 Å². The Bertz CT molecular complexity index is 960. The topological polar surface area (TPSA) is 71.1 Å². The third-order valence-electron chi connectivity index (χ3n) is 5.03. The van der Waals surface area contributed by atoms with E-state index in [1.807, 2.05) is 6.07 Å². The van der Waals surface area contributed by atoms with Crippen LogP contribution in [0.2, 0.25) is 5.02 Å². The van der Waals surface area contributed by atoms with Gasteiger partial charge in [-0.2, -0.15) is 0 Å². The van der Waals surface area contributed by atoms with Crippen molar-refractivity contribution < 1.29 is 17.9 Å². The van der Waals surface area contributed by atoms with Gasteiger partial charge in [-0.05, 0) is 36.9 Å². The summed E-state index contributed by atoms with van der Waals surface area (Å²) in [6.07, 6.45) is 0. The molecule has 7 nitrogen and oxygen atoms in total. The molecule has 1 saturated heterocycles. The molecule has 1 aliphatic rings. The molecule has 3 rings (SSSR count). The lowest BCUT2D eigenvalue weighted by Gasteiger charge is -2.36. The van der Waals surface area contributed by atoms with Gasteiger partial charge in [-0.25, -0.2) is 8.42 Å². The highest BCUT2D eigenvalue weighted by Gasteiger charge is 2.23. The zero-order valence-electron chi connectivity index (χ0n) is 16.8. The van der Waals surface area contributed by atoms with Gasteiger partial charge in [0.25, 0.3) is 10.0 Å². The second-order valence-corrected chi connectivity index (χ2v) is 8.82. The van der Waals surface area contributed by atoms with Crippen molar-refractivity contribution in [2.45, 2.75) is 11.8 Å². The average molecular weight is 440 g/mol. The SMILES string of the molecule is CCN1CCN(c2ccc(Cl)cc2NS(=O)(=O)c2ccc(OC)c(OC)c2)CC1. The van der Waals surface area contributed by atoms with Crippen molar-refractivity contribution in [1.29, 1.82) is 0 Å². The number of halogens is 1. The van der Waals surface area contributed by atoms with E-state index < -0.39 is 10.0 Å². The first-order valence-corrected chi connectivity index (χ1v) is 11.3. The highest BCUT2D eigenvalue weighted by molar-refractivity contribution is 7.92. The molecular formula is C20H26ClN3O4S. The van der Waals surface area contributed by atoms with Gasteiger partial charge < -0.3 is 19.3 Å². The fourth-order valence-corrected chi connectivity index (χ4v) is 4.61. The van der Waals surface area contributed by atoms with Gasteiger partial charge in [0.15, 0.2) is 11.5 Å². The molecule has 0 amide bonds. The second-order valence-electron chi connectivity index (χ2n) is 6.71. The summed E-state index contributed by atoms with van der Waals surface area (Å²) in [4.78, 5) is 4.62. The normalized spacial score (nSPS) is 15.2. The van der Waals surface area contributed by atoms with Crippen LogP contribution in [0.4, 0.5) is 11.4 Å². The predicted octanol–water partition coefficient (Wildman–Crippen LogP) is 3.30. The molecule has 0 radical (unpaired) electrons. The number of nitrogens with zero attached hydrogens (tertiary/aromatic N) is 2. The molecule has 2 aromatic rings. The fraction of sp³-hybridized carbons (Fsp3) is 0.400. The first-order chi connectivity index (χ1) is 13.9. The fourth-order valence-electron chi connectivity index (χ4n) is 3.36. The first-order valence-electron chi connectivity index (χ1n) is 9.39. The number of anilines is 2. The highest BCUT2D eigenvalue weighted by atomic mass is 35.5. The van der Waals surface area contributed by atoms with Crippen molar-refractivity contribution in [3.05, 3.63) is 41.4 Å². The lowest BCUT2D eigenvalue weighted by atomic mass is 10.2. The molecular weight excluding hydrogens is 414 g/mol. The number of likely N-dealkylation sites (N-methyl/N-ethyl adjacent to an activating group) is 1. The number of hydrogen-bond donors (Lipinski definition) is 1. The Kier molecular flexibility index (Phi) is 6.77. The van der Waals surface area contributed by atoms with Crippen LogP contribution in [0.25, 0.3) is 0 Å². The highest BCUT2D eigenvalue weighted by Crippen LogP contribution is 2.34. The van der Waals surface area contributed by atoms with E-state index >= 15 is 0 Å². The summed E-state index contributed by atoms with van der Waals surface area (Å²) in [5, 5.41) is 0.464. The number of benzene rings is 2. The minimum atomic E-state index is -3.85. The van der Waals surface area contributed by atoms with Crippen LogP contribution < -0.4 is 19.1 Å². The average Bonchev–Trinajstić information content (AvgIpc) is 2.73. The van der Waals surface area contributed by atoms with Crippen molar-refractivity contribution in [2.75, 3.05) is 56.6 Å². The van der Waals surface area contributed by atoms with Gasteiger partial charge in [0.1, 0.15) is 0 Å². The maximum absolute atomic E-state index is 13.0. The number of hydrogen-bond acceptors (Lipinski definition) is 6. The molecule has 0 aromatic heterocycles. The smallest absolute Gasteiger partial charge is 0.262 e. The third-order valence-corrected chi connectivity index (χ3v) is 6.63. The molecule has 0 atom stereocenters. The molecule has 9 heteroatoms. The molecule has 1 fully saturated rings. The van der Waals surface area contributed by atoms with E-state index in [0.717, 1.165) is 38.4 Å². The van der Waals surface area contributed by atoms with Crippen LogP contribution in [0.5, 0.6) is 11.5 Å². The van der Waals surface area contributed by atoms with Gasteiger partial charge in [-0.15, -0.1) is 0 Å². The molecule has 0 bridgehead atoms. The maximum Gasteiger partial charge on any atom is 0.262 e. The predicted molar refractivity (Wildman–Crippen MR) is 116 cm³/mol. The van der Waals surface area contributed by atoms with Crippen molar-refractivity contribution >= 4 is 33.0 Å². The Morgan fingerprint density at radius 1 is 1.00 bits per heavy atom. The third kappa shape index (κ3) is 4.88. The van der Waals surface area contributed by atoms with E-state index in [-0.39, 0.29) is 4.90 Å². The zero-order valence-corrected chi connectivity index (χ0v) is 18.4. The van der Waals surface area contributed by atoms with Crippen LogP contribution in [-0.2, 0) is 10.0 Å². The van der Waals surface area contributed by atoms with E-state index in [0.29, 0.717) is 22.2 Å². The first kappa shape index (κ1) is 21.5. The Hall–Kier alpha value is -2.16. The maximum atomic E-state index is 13.0. The lowest BCUT2D eigenvalue weighted by Crippen LogP contribution is -2.46. The van der Waals surface area contributed by atoms with Gasteiger partial charge in [-0.3, -0.25) is 4.72 Å². The van der Waals surface area contributed by atoms with E-state index in [9.17, 15) is 8.42 Å². The molecule has 1 N–H and O–H groups in total. The quantitative estimate of drug-likeness (QED) is 0.713. The summed E-state index contributed by atoms with van der Waals surface area (Å²) < 4.78 is 39.2. The summed E-state index contributed by atoms with van der Waals surface area (Å²) in [5.41, 5.74) is 1.27. The van der Waals surface area contributed by atoms with E-state index in [2.05, 4.69) is 21.4 Å². The van der Waals surface area contributed by atoms with Crippen LogP contribution in [0, 0.1) is 0 Å². The van der Waals surface area contributed by atoms with E-state index in [1.165, 1.54) is 26.4 Å². The number of sulfonamides is 1. The molecule has 158 valence electrons. The number of nitrogens with one attached hydrogen (secondary N) is 1. The van der Waals surface area contributed by atoms with E-state index in [4.69, 9.17) is 21.1 Å². The Morgan fingerprint density at radius 3 is 2.31 bits per heavy atom. The number of ether oxygens (including phenoxy) is 2. The molecule has 1 aliphatic heterocycles. The minimum absolute atomic E-state index is 0.0804. The summed E-state index contributed by atoms with van der Waals surface area (Å²) in [7, 11) is -0.880. The van der Waals surface area contributed by atoms with Crippen LogP contribution in [0.15, 0.2) is 41.3 Å². The van der Waals surface area contributed by atoms with Crippen molar-refractivity contribution in [1.82, 2.24) is 4.90 Å². The summed E-state index contributed by atoms with van der Waals surface area (Å²) in [6, 6.07) is 9.75. The van der Waals surface area contributed by atoms with Gasteiger partial charge in [0, 0.05) is 37.3 Å². The molecule has 2 aromatic carbocycles. The van der Waals surface area contributed by atoms with Crippen molar-refractivity contribution in [3.63, 3.8) is 0 Å². The van der Waals surface area contributed by atoms with Gasteiger partial charge in [0.2, 0.25) is 0 Å². The Morgan fingerprint density at radius 2 is 1.69 bits per heavy atom. The van der Waals surface area contributed by atoms with Gasteiger partial charge in [-0.1, -0.05) is 18.5 Å². The van der Waals surface area contributed by atoms with Crippen LogP contribution in [0.1, 0.15) is 6.92 Å². The molecule has 0 unspecified atom stereocenters. The van der Waals surface area contributed by atoms with Crippen LogP contribution >= 0.6 is 11.6 Å². The zero-order chi connectivity index (χ0) is 21.0. The molecule has 0 aliphatic carbocycles. The summed E-state index contributed by atoms with van der Waals surface area (Å²) >= 11 is 6.17. The second kappa shape index (κ2) is 9.11. The Labute approximate surface area is 177 Å². The number of rotatable bonds is 7. The van der Waals surface area contributed by atoms with Gasteiger partial charge >= 0.3 is 0 Å². The Balaban J connectivity index is 1.90. The molecule has 1 heterocycles. The van der Waals surface area contributed by atoms with Crippen molar-refractivity contribution in [3.8, 4) is 11.5 Å². The largest absolute Gasteiger partial charge is 0.493 e. The standard InChI is InChI=1S/C20H26ClN3O4S/c1-4-23-9-11-24(12-10-23)18-7-5-15(21)13-17(18)22-29(25,26)16-6-8-19(27-2)20(14-16)28-3/h5-8,13-14,22H,4,9-12H2,1-3H3. The van der Waals surface area contributed by atoms with Crippen LogP contribution in [-0.4, -0.2) is 60.3 Å². The van der Waals surface area contributed by atoms with Crippen molar-refractivity contribution in [2.24, 2.45) is 0 Å². The molecule has 0 spiro atoms. The van der Waals surface area contributed by atoms with E-state index in [1.54, 1.807) is 18.2 Å². The number of piperazine rings is 1. The summed E-state index contributed by atoms with van der Waals surface area (Å²) in [5.74, 6) is 0.807. The molecule has 29 heavy (non-hydrogen) atoms. The minimum Gasteiger partial charge on any atom is -0.493 e. The van der Waals surface area contributed by atoms with Gasteiger partial charge in [0.05, 0.1) is 30.5 Å². The number of methoxy groups -OCH3 is 2. The lowest BCUT2D eigenvalue weighted by molar-refractivity contribution is 0.271.